The summed E-state index contributed by atoms with van der Waals surface area (Å²) in [5, 5.41) is 11.5. The van der Waals surface area contributed by atoms with E-state index in [1.165, 1.54) is 22.9 Å². The minimum absolute atomic E-state index is 0.219. The molecule has 0 saturated heterocycles. The van der Waals surface area contributed by atoms with E-state index in [-0.39, 0.29) is 11.7 Å². The number of aryl methyl sites for hydroxylation is 1. The number of hydrogen-bond donors (Lipinski definition) is 2. The molecule has 2 N–H and O–H groups in total. The molecule has 1 aromatic carbocycles. The number of thioether (sulfide) groups is 1. The molecule has 4 nitrogen and oxygen atoms in total. The zero-order chi connectivity index (χ0) is 15.0. The lowest BCUT2D eigenvalue weighted by atomic mass is 10.2. The van der Waals surface area contributed by atoms with Crippen molar-refractivity contribution in [2.45, 2.75) is 38.5 Å². The van der Waals surface area contributed by atoms with E-state index in [4.69, 9.17) is 5.11 Å². The average Bonchev–Trinajstić information content (AvgIpc) is 2.38. The zero-order valence-corrected chi connectivity index (χ0v) is 12.7. The highest BCUT2D eigenvalue weighted by atomic mass is 32.2. The normalized spacial score (nSPS) is 11.9. The number of rotatable bonds is 8. The summed E-state index contributed by atoms with van der Waals surface area (Å²) in [4.78, 5) is 22.6. The van der Waals surface area contributed by atoms with Gasteiger partial charge < -0.3 is 10.4 Å². The number of benzene rings is 1. The van der Waals surface area contributed by atoms with E-state index >= 15 is 0 Å². The molecule has 0 aliphatic heterocycles. The lowest BCUT2D eigenvalue weighted by molar-refractivity contribution is -0.141. The van der Waals surface area contributed by atoms with Crippen molar-refractivity contribution in [3.63, 3.8) is 0 Å². The van der Waals surface area contributed by atoms with Crippen molar-refractivity contribution in [3.8, 4) is 0 Å². The Morgan fingerprint density at radius 3 is 2.75 bits per heavy atom. The fraction of sp³-hybridized carbons (Fsp3) is 0.467. The summed E-state index contributed by atoms with van der Waals surface area (Å²) in [6.45, 7) is 3.93. The fourth-order valence-corrected chi connectivity index (χ4v) is 2.63. The van der Waals surface area contributed by atoms with Crippen LogP contribution in [0.15, 0.2) is 24.3 Å². The van der Waals surface area contributed by atoms with E-state index in [2.05, 4.69) is 11.4 Å². The molecule has 1 rings (SSSR count). The summed E-state index contributed by atoms with van der Waals surface area (Å²) >= 11 is 1.49. The molecule has 0 fully saturated rings. The molecule has 0 unspecified atom stereocenters. The Balaban J connectivity index is 2.34. The molecule has 0 radical (unpaired) electrons. The molecule has 0 spiro atoms. The number of carbonyl (C=O) groups is 2. The first-order valence-electron chi connectivity index (χ1n) is 6.68. The lowest BCUT2D eigenvalue weighted by Gasteiger charge is -2.13. The van der Waals surface area contributed by atoms with Gasteiger partial charge in [-0.2, -0.15) is 0 Å². The first kappa shape index (κ1) is 16.6. The highest BCUT2D eigenvalue weighted by Crippen LogP contribution is 2.13. The predicted molar refractivity (Wildman–Crippen MR) is 81.8 cm³/mol. The minimum atomic E-state index is -0.969. The maximum Gasteiger partial charge on any atom is 0.326 e. The van der Waals surface area contributed by atoms with Crippen LogP contribution in [-0.2, 0) is 15.3 Å². The number of nitrogens with one attached hydrogen (secondary N) is 1. The third-order valence-electron chi connectivity index (χ3n) is 2.80. The molecule has 0 saturated carbocycles. The first-order chi connectivity index (χ1) is 9.52. The molecular weight excluding hydrogens is 274 g/mol. The summed E-state index contributed by atoms with van der Waals surface area (Å²) in [5.74, 6) is -0.158. The van der Waals surface area contributed by atoms with Crippen molar-refractivity contribution >= 4 is 23.6 Å². The Morgan fingerprint density at radius 1 is 1.40 bits per heavy atom. The van der Waals surface area contributed by atoms with Crippen LogP contribution in [0.1, 0.15) is 30.9 Å². The molecule has 1 atom stereocenters. The van der Waals surface area contributed by atoms with E-state index in [0.29, 0.717) is 6.42 Å². The van der Waals surface area contributed by atoms with Crippen molar-refractivity contribution in [1.82, 2.24) is 5.32 Å². The van der Waals surface area contributed by atoms with Crippen molar-refractivity contribution in [2.24, 2.45) is 0 Å². The third-order valence-corrected chi connectivity index (χ3v) is 3.80. The summed E-state index contributed by atoms with van der Waals surface area (Å²) in [6, 6.07) is 7.36. The second-order valence-electron chi connectivity index (χ2n) is 4.73. The molecular formula is C15H21NO3S. The van der Waals surface area contributed by atoms with Crippen LogP contribution < -0.4 is 5.32 Å². The Morgan fingerprint density at radius 2 is 2.15 bits per heavy atom. The van der Waals surface area contributed by atoms with Gasteiger partial charge in [-0.3, -0.25) is 4.79 Å². The summed E-state index contributed by atoms with van der Waals surface area (Å²) in [7, 11) is 0. The monoisotopic (exact) mass is 295 g/mol. The SMILES string of the molecule is CCC[C@@H](NC(=O)CSCc1cccc(C)c1)C(=O)O. The van der Waals surface area contributed by atoms with Crippen LogP contribution in [0.25, 0.3) is 0 Å². The molecule has 110 valence electrons. The first-order valence-corrected chi connectivity index (χ1v) is 7.84. The smallest absolute Gasteiger partial charge is 0.326 e. The van der Waals surface area contributed by atoms with Crippen molar-refractivity contribution in [1.29, 1.82) is 0 Å². The lowest BCUT2D eigenvalue weighted by Crippen LogP contribution is -2.41. The highest BCUT2D eigenvalue weighted by molar-refractivity contribution is 7.99. The summed E-state index contributed by atoms with van der Waals surface area (Å²) in [6.07, 6.45) is 1.19. The molecule has 0 aliphatic carbocycles. The second kappa shape index (κ2) is 8.64. The molecule has 5 heteroatoms. The minimum Gasteiger partial charge on any atom is -0.480 e. The van der Waals surface area contributed by atoms with Crippen LogP contribution in [0.2, 0.25) is 0 Å². The van der Waals surface area contributed by atoms with Crippen molar-refractivity contribution < 1.29 is 14.7 Å². The predicted octanol–water partition coefficient (Wildman–Crippen LogP) is 2.60. The van der Waals surface area contributed by atoms with Gasteiger partial charge >= 0.3 is 5.97 Å². The molecule has 0 bridgehead atoms. The van der Waals surface area contributed by atoms with Crippen LogP contribution in [0.4, 0.5) is 0 Å². The number of carboxylic acid groups (broad SMARTS) is 1. The van der Waals surface area contributed by atoms with Gasteiger partial charge in [0.25, 0.3) is 0 Å². The standard InChI is InChI=1S/C15H21NO3S/c1-3-5-13(15(18)19)16-14(17)10-20-9-12-7-4-6-11(2)8-12/h4,6-8,13H,3,5,9-10H2,1-2H3,(H,16,17)(H,18,19)/t13-/m1/s1. The average molecular weight is 295 g/mol. The van der Waals surface area contributed by atoms with Gasteiger partial charge in [0.05, 0.1) is 5.75 Å². The molecule has 1 aromatic rings. The quantitative estimate of drug-likeness (QED) is 0.773. The van der Waals surface area contributed by atoms with E-state index < -0.39 is 12.0 Å². The van der Waals surface area contributed by atoms with E-state index in [1.807, 2.05) is 32.0 Å². The van der Waals surface area contributed by atoms with Crippen LogP contribution in [0.3, 0.4) is 0 Å². The van der Waals surface area contributed by atoms with Crippen molar-refractivity contribution in [3.05, 3.63) is 35.4 Å². The van der Waals surface area contributed by atoms with Crippen LogP contribution >= 0.6 is 11.8 Å². The van der Waals surface area contributed by atoms with Crippen molar-refractivity contribution in [2.75, 3.05) is 5.75 Å². The van der Waals surface area contributed by atoms with Gasteiger partial charge in [-0.05, 0) is 18.9 Å². The summed E-state index contributed by atoms with van der Waals surface area (Å²) < 4.78 is 0. The Bertz CT molecular complexity index is 462. The largest absolute Gasteiger partial charge is 0.480 e. The van der Waals surface area contributed by atoms with Gasteiger partial charge in [0.1, 0.15) is 6.04 Å². The van der Waals surface area contributed by atoms with Gasteiger partial charge in [0, 0.05) is 5.75 Å². The van der Waals surface area contributed by atoms with Gasteiger partial charge in [0.2, 0.25) is 5.91 Å². The van der Waals surface area contributed by atoms with E-state index in [0.717, 1.165) is 12.2 Å². The van der Waals surface area contributed by atoms with Gasteiger partial charge in [-0.1, -0.05) is 43.2 Å². The molecule has 0 heterocycles. The Labute approximate surface area is 124 Å². The third kappa shape index (κ3) is 6.10. The number of carbonyl (C=O) groups excluding carboxylic acids is 1. The molecule has 0 aliphatic rings. The fourth-order valence-electron chi connectivity index (χ4n) is 1.85. The number of aliphatic carboxylic acids is 1. The molecule has 1 amide bonds. The molecule has 20 heavy (non-hydrogen) atoms. The summed E-state index contributed by atoms with van der Waals surface area (Å²) in [5.41, 5.74) is 2.37. The van der Waals surface area contributed by atoms with Crippen LogP contribution in [0, 0.1) is 6.92 Å². The van der Waals surface area contributed by atoms with E-state index in [1.54, 1.807) is 0 Å². The number of carboxylic acids is 1. The van der Waals surface area contributed by atoms with Gasteiger partial charge in [-0.15, -0.1) is 11.8 Å². The van der Waals surface area contributed by atoms with Crippen LogP contribution in [0.5, 0.6) is 0 Å². The zero-order valence-electron chi connectivity index (χ0n) is 11.9. The highest BCUT2D eigenvalue weighted by Gasteiger charge is 2.18. The Hall–Kier alpha value is -1.49. The van der Waals surface area contributed by atoms with E-state index in [9.17, 15) is 9.59 Å². The van der Waals surface area contributed by atoms with Crippen LogP contribution in [-0.4, -0.2) is 28.8 Å². The second-order valence-corrected chi connectivity index (χ2v) is 5.71. The number of amides is 1. The maximum absolute atomic E-state index is 11.7. The molecule has 0 aromatic heterocycles. The Kier molecular flexibility index (Phi) is 7.15. The van der Waals surface area contributed by atoms with Gasteiger partial charge in [0.15, 0.2) is 0 Å². The topological polar surface area (TPSA) is 66.4 Å². The number of hydrogen-bond acceptors (Lipinski definition) is 3. The van der Waals surface area contributed by atoms with Gasteiger partial charge in [-0.25, -0.2) is 4.79 Å². The maximum atomic E-state index is 11.7.